The molecule has 0 radical (unpaired) electrons. The fraction of sp³-hybridized carbons (Fsp3) is 0.182. The number of rotatable bonds is 3. The van der Waals surface area contributed by atoms with E-state index in [-0.39, 0.29) is 17.8 Å². The molecule has 0 unspecified atom stereocenters. The van der Waals surface area contributed by atoms with E-state index in [2.05, 4.69) is 25.3 Å². The van der Waals surface area contributed by atoms with E-state index in [0.29, 0.717) is 60.2 Å². The molecule has 168 valence electrons. The molecule has 0 saturated carbocycles. The van der Waals surface area contributed by atoms with Gasteiger partial charge in [0.1, 0.15) is 23.0 Å². The summed E-state index contributed by atoms with van der Waals surface area (Å²) in [5, 5.41) is 2.71. The lowest BCUT2D eigenvalue weighted by Gasteiger charge is -2.35. The molecule has 33 heavy (non-hydrogen) atoms. The molecular formula is C22H20F2N8O. The number of imidazole rings is 1. The molecule has 1 aliphatic rings. The molecule has 1 fully saturated rings. The van der Waals surface area contributed by atoms with Crippen molar-refractivity contribution in [2.75, 3.05) is 42.1 Å². The fourth-order valence-electron chi connectivity index (χ4n) is 3.76. The van der Waals surface area contributed by atoms with Crippen LogP contribution in [-0.4, -0.2) is 57.0 Å². The van der Waals surface area contributed by atoms with Gasteiger partial charge in [0.25, 0.3) is 0 Å². The Morgan fingerprint density at radius 3 is 2.45 bits per heavy atom. The number of carbonyl (C=O) groups excluding carboxylic acids is 1. The van der Waals surface area contributed by atoms with E-state index in [4.69, 9.17) is 5.73 Å². The van der Waals surface area contributed by atoms with Crippen LogP contribution in [0.3, 0.4) is 0 Å². The minimum absolute atomic E-state index is 0.0842. The van der Waals surface area contributed by atoms with Gasteiger partial charge in [-0.05, 0) is 42.5 Å². The number of aromatic amines is 1. The molecule has 4 N–H and O–H groups in total. The van der Waals surface area contributed by atoms with Crippen molar-refractivity contribution < 1.29 is 13.6 Å². The van der Waals surface area contributed by atoms with Crippen LogP contribution in [0.5, 0.6) is 0 Å². The molecular weight excluding hydrogens is 430 g/mol. The van der Waals surface area contributed by atoms with Crippen LogP contribution in [0.4, 0.5) is 31.0 Å². The van der Waals surface area contributed by atoms with E-state index in [9.17, 15) is 13.6 Å². The number of H-pyrrole nitrogens is 1. The topological polar surface area (TPSA) is 116 Å². The summed E-state index contributed by atoms with van der Waals surface area (Å²) in [6.07, 6.45) is 0. The van der Waals surface area contributed by atoms with Crippen LogP contribution < -0.4 is 16.0 Å². The lowest BCUT2D eigenvalue weighted by Crippen LogP contribution is -2.50. The molecule has 11 heteroatoms. The van der Waals surface area contributed by atoms with Gasteiger partial charge < -0.3 is 25.8 Å². The maximum atomic E-state index is 13.4. The quantitative estimate of drug-likeness (QED) is 0.441. The van der Waals surface area contributed by atoms with E-state index in [1.54, 1.807) is 23.1 Å². The number of benzene rings is 2. The highest BCUT2D eigenvalue weighted by molar-refractivity contribution is 5.90. The smallest absolute Gasteiger partial charge is 0.321 e. The van der Waals surface area contributed by atoms with Crippen molar-refractivity contribution in [2.24, 2.45) is 0 Å². The van der Waals surface area contributed by atoms with Gasteiger partial charge in [-0.25, -0.2) is 18.6 Å². The van der Waals surface area contributed by atoms with E-state index in [1.807, 2.05) is 4.90 Å². The average Bonchev–Trinajstić information content (AvgIpc) is 3.23. The largest absolute Gasteiger partial charge is 0.368 e. The van der Waals surface area contributed by atoms with Gasteiger partial charge in [0, 0.05) is 37.4 Å². The van der Waals surface area contributed by atoms with Crippen molar-refractivity contribution in [3.05, 3.63) is 60.2 Å². The van der Waals surface area contributed by atoms with Gasteiger partial charge in [-0.3, -0.25) is 0 Å². The summed E-state index contributed by atoms with van der Waals surface area (Å²) in [7, 11) is 0. The van der Waals surface area contributed by atoms with Crippen LogP contribution in [0.25, 0.3) is 22.6 Å². The lowest BCUT2D eigenvalue weighted by atomic mass is 10.2. The number of hydrogen-bond acceptors (Lipinski definition) is 6. The number of halogens is 2. The third-order valence-corrected chi connectivity index (χ3v) is 5.41. The van der Waals surface area contributed by atoms with Crippen molar-refractivity contribution in [1.82, 2.24) is 24.8 Å². The van der Waals surface area contributed by atoms with Crippen LogP contribution in [0.2, 0.25) is 0 Å². The Labute approximate surface area is 187 Å². The molecule has 9 nitrogen and oxygen atoms in total. The molecule has 0 aliphatic carbocycles. The highest BCUT2D eigenvalue weighted by Crippen LogP contribution is 2.27. The van der Waals surface area contributed by atoms with Gasteiger partial charge in [0.2, 0.25) is 5.95 Å². The summed E-state index contributed by atoms with van der Waals surface area (Å²) in [6, 6.07) is 11.4. The number of urea groups is 1. The number of fused-ring (bicyclic) bond motifs is 1. The van der Waals surface area contributed by atoms with E-state index >= 15 is 0 Å². The summed E-state index contributed by atoms with van der Waals surface area (Å²) in [5.41, 5.74) is 8.04. The predicted octanol–water partition coefficient (Wildman–Crippen LogP) is 3.23. The Bertz CT molecular complexity index is 1320. The van der Waals surface area contributed by atoms with Gasteiger partial charge in [0.05, 0.1) is 0 Å². The molecule has 0 atom stereocenters. The molecule has 0 spiro atoms. The Balaban J connectivity index is 1.33. The van der Waals surface area contributed by atoms with Crippen molar-refractivity contribution in [3.63, 3.8) is 0 Å². The molecule has 5 rings (SSSR count). The summed E-state index contributed by atoms with van der Waals surface area (Å²) in [5.74, 6) is 0.449. The third-order valence-electron chi connectivity index (χ3n) is 5.41. The Kier molecular flexibility index (Phi) is 5.21. The second-order valence-corrected chi connectivity index (χ2v) is 7.61. The molecule has 2 aromatic heterocycles. The molecule has 2 amide bonds. The van der Waals surface area contributed by atoms with Crippen molar-refractivity contribution in [2.45, 2.75) is 0 Å². The zero-order valence-corrected chi connectivity index (χ0v) is 17.4. The highest BCUT2D eigenvalue weighted by Gasteiger charge is 2.25. The molecule has 1 aliphatic heterocycles. The molecule has 3 heterocycles. The number of hydrogen-bond donors (Lipinski definition) is 3. The molecule has 0 bridgehead atoms. The Morgan fingerprint density at radius 2 is 1.73 bits per heavy atom. The number of nitrogens with one attached hydrogen (secondary N) is 2. The number of nitrogens with two attached hydrogens (primary N) is 1. The summed E-state index contributed by atoms with van der Waals surface area (Å²) >= 11 is 0. The van der Waals surface area contributed by atoms with Crippen LogP contribution in [-0.2, 0) is 0 Å². The maximum absolute atomic E-state index is 13.4. The van der Waals surface area contributed by atoms with Crippen molar-refractivity contribution in [1.29, 1.82) is 0 Å². The minimum Gasteiger partial charge on any atom is -0.368 e. The van der Waals surface area contributed by atoms with Gasteiger partial charge in [-0.1, -0.05) is 6.07 Å². The first-order valence-electron chi connectivity index (χ1n) is 10.3. The summed E-state index contributed by atoms with van der Waals surface area (Å²) in [6.45, 7) is 1.89. The van der Waals surface area contributed by atoms with Crippen molar-refractivity contribution in [3.8, 4) is 11.4 Å². The van der Waals surface area contributed by atoms with Crippen LogP contribution >= 0.6 is 0 Å². The number of aromatic nitrogens is 4. The lowest BCUT2D eigenvalue weighted by molar-refractivity contribution is 0.208. The Hall–Kier alpha value is -4.28. The van der Waals surface area contributed by atoms with Crippen LogP contribution in [0.15, 0.2) is 48.5 Å². The SMILES string of the molecule is Nc1nc(N2CCN(C(=O)Nc3cccc(F)c3)CC2)c2[nH]c(-c3ccc(F)cc3)nc2n1. The first-order chi connectivity index (χ1) is 16.0. The number of carbonyl (C=O) groups is 1. The second-order valence-electron chi connectivity index (χ2n) is 7.61. The fourth-order valence-corrected chi connectivity index (χ4v) is 3.76. The predicted molar refractivity (Wildman–Crippen MR) is 121 cm³/mol. The normalized spacial score (nSPS) is 14.0. The minimum atomic E-state index is -0.414. The molecule has 4 aromatic rings. The summed E-state index contributed by atoms with van der Waals surface area (Å²) < 4.78 is 26.6. The van der Waals surface area contributed by atoms with E-state index in [0.717, 1.165) is 0 Å². The standard InChI is InChI=1S/C22H20F2N8O/c23-14-6-4-13(5-7-14)18-27-17-19(28-18)29-21(25)30-20(17)31-8-10-32(11-9-31)22(33)26-16-3-1-2-15(24)12-16/h1-7,12H,8-11H2,(H,26,33)(H3,25,27,28,29,30). The number of nitrogen functional groups attached to an aromatic ring is 1. The van der Waals surface area contributed by atoms with Gasteiger partial charge >= 0.3 is 6.03 Å². The zero-order valence-electron chi connectivity index (χ0n) is 17.4. The van der Waals surface area contributed by atoms with Gasteiger partial charge in [-0.15, -0.1) is 0 Å². The first kappa shape index (κ1) is 20.6. The van der Waals surface area contributed by atoms with Gasteiger partial charge in [0.15, 0.2) is 11.5 Å². The Morgan fingerprint density at radius 1 is 0.970 bits per heavy atom. The highest BCUT2D eigenvalue weighted by atomic mass is 19.1. The van der Waals surface area contributed by atoms with E-state index < -0.39 is 5.82 Å². The number of anilines is 3. The van der Waals surface area contributed by atoms with E-state index in [1.165, 1.54) is 30.3 Å². The summed E-state index contributed by atoms with van der Waals surface area (Å²) in [4.78, 5) is 32.5. The number of nitrogens with zero attached hydrogens (tertiary/aromatic N) is 5. The molecule has 1 saturated heterocycles. The first-order valence-corrected chi connectivity index (χ1v) is 10.3. The maximum Gasteiger partial charge on any atom is 0.321 e. The van der Waals surface area contributed by atoms with Crippen LogP contribution in [0, 0.1) is 11.6 Å². The third kappa shape index (κ3) is 4.25. The second kappa shape index (κ2) is 8.34. The van der Waals surface area contributed by atoms with Crippen molar-refractivity contribution >= 4 is 34.6 Å². The van der Waals surface area contributed by atoms with Crippen LogP contribution in [0.1, 0.15) is 0 Å². The monoisotopic (exact) mass is 450 g/mol. The zero-order chi connectivity index (χ0) is 22.9. The number of amides is 2. The average molecular weight is 450 g/mol. The van der Waals surface area contributed by atoms with Gasteiger partial charge in [-0.2, -0.15) is 9.97 Å². The number of piperazine rings is 1. The molecule has 2 aromatic carbocycles.